The van der Waals surface area contributed by atoms with Crippen LogP contribution in [0.4, 0.5) is 0 Å². The van der Waals surface area contributed by atoms with Gasteiger partial charge in [0.1, 0.15) is 6.54 Å². The molecule has 5 nitrogen and oxygen atoms in total. The number of carboxylic acids is 1. The summed E-state index contributed by atoms with van der Waals surface area (Å²) in [5, 5.41) is 21.6. The average molecular weight is 480 g/mol. The van der Waals surface area contributed by atoms with E-state index in [1.807, 2.05) is 6.08 Å². The first-order valence-corrected chi connectivity index (χ1v) is 13.7. The number of aliphatic hydroxyl groups is 1. The molecule has 1 N–H and O–H groups in total. The Morgan fingerprint density at radius 3 is 1.62 bits per heavy atom. The Balaban J connectivity index is 3.81. The molecule has 0 aliphatic heterocycles. The molecule has 0 saturated carbocycles. The number of aliphatic carboxylic acids is 1. The van der Waals surface area contributed by atoms with Gasteiger partial charge in [-0.25, -0.2) is 0 Å². The fourth-order valence-corrected chi connectivity index (χ4v) is 4.35. The molecule has 0 fully saturated rings. The molecule has 1 atom stereocenters. The minimum absolute atomic E-state index is 0.00694. The summed E-state index contributed by atoms with van der Waals surface area (Å²) in [6.45, 7) is 2.27. The highest BCUT2D eigenvalue weighted by molar-refractivity contribution is 5.99. The molecule has 5 heteroatoms. The molecule has 0 bridgehead atoms. The second kappa shape index (κ2) is 19.8. The summed E-state index contributed by atoms with van der Waals surface area (Å²) in [5.74, 6) is -2.03. The summed E-state index contributed by atoms with van der Waals surface area (Å²) < 4.78 is 0.276. The molecule has 0 aliphatic carbocycles. The van der Waals surface area contributed by atoms with Crippen molar-refractivity contribution in [1.29, 1.82) is 0 Å². The molecule has 0 heterocycles. The number of carbonyl (C=O) groups is 2. The van der Waals surface area contributed by atoms with Gasteiger partial charge in [-0.2, -0.15) is 0 Å². The number of quaternary nitrogens is 1. The van der Waals surface area contributed by atoms with Crippen molar-refractivity contribution in [1.82, 2.24) is 0 Å². The summed E-state index contributed by atoms with van der Waals surface area (Å²) in [7, 11) is 5.40. The van der Waals surface area contributed by atoms with E-state index in [-0.39, 0.29) is 11.0 Å². The van der Waals surface area contributed by atoms with Gasteiger partial charge in [-0.05, 0) is 18.9 Å². The first-order valence-electron chi connectivity index (χ1n) is 13.7. The van der Waals surface area contributed by atoms with E-state index in [1.54, 1.807) is 33.3 Å². The number of carbonyl (C=O) groups excluding carboxylic acids is 2. The second-order valence-corrected chi connectivity index (χ2v) is 10.9. The predicted octanol–water partition coefficient (Wildman–Crippen LogP) is 5.51. The van der Waals surface area contributed by atoms with Crippen LogP contribution >= 0.6 is 0 Å². The van der Waals surface area contributed by atoms with Crippen LogP contribution in [0, 0.1) is 0 Å². The lowest BCUT2D eigenvalue weighted by molar-refractivity contribution is -0.875. The highest BCUT2D eigenvalue weighted by atomic mass is 16.4. The second-order valence-electron chi connectivity index (χ2n) is 10.9. The van der Waals surface area contributed by atoms with Crippen LogP contribution in [0.15, 0.2) is 24.3 Å². The van der Waals surface area contributed by atoms with Crippen LogP contribution in [0.3, 0.4) is 0 Å². The van der Waals surface area contributed by atoms with E-state index in [4.69, 9.17) is 0 Å². The summed E-state index contributed by atoms with van der Waals surface area (Å²) in [6.07, 6.45) is 27.2. The minimum atomic E-state index is -1.95. The molecule has 0 aromatic heterocycles. The summed E-state index contributed by atoms with van der Waals surface area (Å²) in [6, 6.07) is 0. The zero-order valence-corrected chi connectivity index (χ0v) is 22.7. The van der Waals surface area contributed by atoms with Crippen LogP contribution in [0.25, 0.3) is 0 Å². The van der Waals surface area contributed by atoms with Gasteiger partial charge in [0, 0.05) is 12.4 Å². The molecule has 0 spiro atoms. The Morgan fingerprint density at radius 2 is 1.21 bits per heavy atom. The van der Waals surface area contributed by atoms with Gasteiger partial charge in [0.05, 0.1) is 21.1 Å². The Morgan fingerprint density at radius 1 is 0.765 bits per heavy atom. The Hall–Kier alpha value is -1.46. The summed E-state index contributed by atoms with van der Waals surface area (Å²) in [5.41, 5.74) is -1.95. The van der Waals surface area contributed by atoms with E-state index in [9.17, 15) is 19.8 Å². The maximum absolute atomic E-state index is 12.4. The lowest BCUT2D eigenvalue weighted by Gasteiger charge is -2.34. The Bertz CT molecular complexity index is 591. The molecule has 0 rings (SSSR count). The topological polar surface area (TPSA) is 77.4 Å². The van der Waals surface area contributed by atoms with Crippen LogP contribution in [0.1, 0.15) is 116 Å². The number of hydrogen-bond acceptors (Lipinski definition) is 4. The van der Waals surface area contributed by atoms with Crippen molar-refractivity contribution < 1.29 is 24.3 Å². The Labute approximate surface area is 209 Å². The van der Waals surface area contributed by atoms with Gasteiger partial charge in [-0.3, -0.25) is 4.79 Å². The fourth-order valence-electron chi connectivity index (χ4n) is 4.35. The maximum atomic E-state index is 12.4. The number of hydrogen-bond donors (Lipinski definition) is 1. The third kappa shape index (κ3) is 20.0. The van der Waals surface area contributed by atoms with Gasteiger partial charge in [0.25, 0.3) is 0 Å². The van der Waals surface area contributed by atoms with E-state index in [2.05, 4.69) is 6.92 Å². The van der Waals surface area contributed by atoms with Gasteiger partial charge in [-0.15, -0.1) is 0 Å². The van der Waals surface area contributed by atoms with Crippen LogP contribution in [0.2, 0.25) is 0 Å². The number of rotatable bonds is 23. The minimum Gasteiger partial charge on any atom is -0.550 e. The third-order valence-corrected chi connectivity index (χ3v) is 6.10. The van der Waals surface area contributed by atoms with Crippen molar-refractivity contribution in [2.45, 2.75) is 122 Å². The SMILES string of the molecule is CCCCCCCCCCCCCCCCCC=CC=CC(=O)C(O)(CC(=O)[O-])C[N+](C)(C)C. The van der Waals surface area contributed by atoms with Crippen LogP contribution in [-0.2, 0) is 9.59 Å². The molecular weight excluding hydrogens is 426 g/mol. The molecule has 34 heavy (non-hydrogen) atoms. The molecule has 0 aromatic rings. The highest BCUT2D eigenvalue weighted by Crippen LogP contribution is 2.17. The van der Waals surface area contributed by atoms with E-state index in [0.29, 0.717) is 0 Å². The molecular formula is C29H53NO4. The van der Waals surface area contributed by atoms with Crippen molar-refractivity contribution in [3.63, 3.8) is 0 Å². The zero-order chi connectivity index (χ0) is 25.7. The fraction of sp³-hybridized carbons (Fsp3) is 0.793. The van der Waals surface area contributed by atoms with Crippen molar-refractivity contribution in [3.05, 3.63) is 24.3 Å². The number of likely N-dealkylation sites (N-methyl/N-ethyl adjacent to an activating group) is 1. The normalized spacial score (nSPS) is 14.1. The van der Waals surface area contributed by atoms with E-state index >= 15 is 0 Å². The van der Waals surface area contributed by atoms with E-state index in [1.165, 1.54) is 96.0 Å². The van der Waals surface area contributed by atoms with Crippen molar-refractivity contribution in [2.75, 3.05) is 27.7 Å². The zero-order valence-electron chi connectivity index (χ0n) is 22.7. The standard InChI is InChI=1S/C29H53NO4/c1-5-6-7-8-9-10-11-12-13-14-15-16-17-18-19-20-21-22-23-24-27(31)29(34,25-28(32)33)26-30(2,3)4/h21-24,34H,5-20,25-26H2,1-4H3. The van der Waals surface area contributed by atoms with Crippen LogP contribution < -0.4 is 5.11 Å². The van der Waals surface area contributed by atoms with Gasteiger partial charge in [0.15, 0.2) is 11.4 Å². The molecule has 0 radical (unpaired) electrons. The average Bonchev–Trinajstić information content (AvgIpc) is 2.73. The molecule has 0 amide bonds. The predicted molar refractivity (Wildman–Crippen MR) is 140 cm³/mol. The van der Waals surface area contributed by atoms with Gasteiger partial charge >= 0.3 is 0 Å². The molecule has 1 unspecified atom stereocenters. The highest BCUT2D eigenvalue weighted by Gasteiger charge is 2.39. The van der Waals surface area contributed by atoms with Gasteiger partial charge in [0.2, 0.25) is 0 Å². The largest absolute Gasteiger partial charge is 0.550 e. The van der Waals surface area contributed by atoms with Crippen molar-refractivity contribution >= 4 is 11.8 Å². The monoisotopic (exact) mass is 479 g/mol. The van der Waals surface area contributed by atoms with Crippen LogP contribution in [0.5, 0.6) is 0 Å². The van der Waals surface area contributed by atoms with E-state index < -0.39 is 23.8 Å². The molecule has 198 valence electrons. The first-order chi connectivity index (χ1) is 16.1. The smallest absolute Gasteiger partial charge is 0.193 e. The van der Waals surface area contributed by atoms with Crippen LogP contribution in [-0.4, -0.2) is 54.6 Å². The number of ketones is 1. The summed E-state index contributed by atoms with van der Waals surface area (Å²) >= 11 is 0. The van der Waals surface area contributed by atoms with Gasteiger partial charge in [-0.1, -0.05) is 115 Å². The number of nitrogens with zero attached hydrogens (tertiary/aromatic N) is 1. The Kier molecular flexibility index (Phi) is 19.0. The third-order valence-electron chi connectivity index (χ3n) is 6.10. The molecule has 0 aromatic carbocycles. The van der Waals surface area contributed by atoms with Crippen molar-refractivity contribution in [2.24, 2.45) is 0 Å². The quantitative estimate of drug-likeness (QED) is 0.0907. The van der Waals surface area contributed by atoms with Crippen molar-refractivity contribution in [3.8, 4) is 0 Å². The lowest BCUT2D eigenvalue weighted by Crippen LogP contribution is -2.55. The maximum Gasteiger partial charge on any atom is 0.193 e. The molecule has 0 saturated heterocycles. The van der Waals surface area contributed by atoms with Gasteiger partial charge < -0.3 is 19.5 Å². The number of unbranched alkanes of at least 4 members (excludes halogenated alkanes) is 15. The summed E-state index contributed by atoms with van der Waals surface area (Å²) in [4.78, 5) is 23.4. The van der Waals surface area contributed by atoms with E-state index in [0.717, 1.165) is 12.8 Å². The lowest BCUT2D eigenvalue weighted by atomic mass is 9.92. The molecule has 0 aliphatic rings. The number of carboxylic acid groups (broad SMARTS) is 1. The first kappa shape index (κ1) is 32.5. The number of allylic oxidation sites excluding steroid dienone is 3.